The van der Waals surface area contributed by atoms with Crippen LogP contribution < -0.4 is 15.1 Å². The van der Waals surface area contributed by atoms with E-state index in [1.165, 1.54) is 17.4 Å². The molecule has 2 aromatic carbocycles. The summed E-state index contributed by atoms with van der Waals surface area (Å²) in [6.07, 6.45) is 0.954. The van der Waals surface area contributed by atoms with Gasteiger partial charge in [-0.05, 0) is 62.2 Å². The highest BCUT2D eigenvalue weighted by Gasteiger charge is 2.16. The Labute approximate surface area is 162 Å². The first-order valence-corrected chi connectivity index (χ1v) is 9.50. The van der Waals surface area contributed by atoms with Crippen LogP contribution in [-0.4, -0.2) is 31.4 Å². The summed E-state index contributed by atoms with van der Waals surface area (Å²) in [6.45, 7) is 9.60. The van der Waals surface area contributed by atoms with Gasteiger partial charge in [0.15, 0.2) is 0 Å². The number of carbonyl (C=O) groups is 2. The summed E-state index contributed by atoms with van der Waals surface area (Å²) in [7, 11) is 0. The van der Waals surface area contributed by atoms with Crippen LogP contribution in [0.4, 0.5) is 17.1 Å². The average molecular weight is 367 g/mol. The molecule has 0 aromatic heterocycles. The lowest BCUT2D eigenvalue weighted by Gasteiger charge is -2.24. The summed E-state index contributed by atoms with van der Waals surface area (Å²) in [6, 6.07) is 15.5. The van der Waals surface area contributed by atoms with Crippen molar-refractivity contribution in [1.82, 2.24) is 0 Å². The van der Waals surface area contributed by atoms with Gasteiger partial charge >= 0.3 is 0 Å². The lowest BCUT2D eigenvalue weighted by atomic mass is 10.1. The average Bonchev–Trinajstić information content (AvgIpc) is 2.68. The van der Waals surface area contributed by atoms with E-state index in [0.29, 0.717) is 0 Å². The molecule has 0 aliphatic rings. The van der Waals surface area contributed by atoms with Gasteiger partial charge in [-0.1, -0.05) is 19.1 Å². The summed E-state index contributed by atoms with van der Waals surface area (Å²) < 4.78 is 0. The number of anilines is 3. The second kappa shape index (κ2) is 9.76. The number of hydrogen-bond acceptors (Lipinski definition) is 3. The standard InChI is InChI=1S/C22H29N3O2/c1-5-18-8-10-19(11-9-18)23-22(27)16-25(17(4)26)21-14-12-20(13-15-21)24(6-2)7-3/h8-15H,5-7,16H2,1-4H3,(H,23,27). The minimum absolute atomic E-state index is 0.0184. The van der Waals surface area contributed by atoms with E-state index in [0.717, 1.165) is 36.6 Å². The predicted octanol–water partition coefficient (Wildman–Crippen LogP) is 4.09. The Balaban J connectivity index is 2.07. The molecule has 0 bridgehead atoms. The van der Waals surface area contributed by atoms with Gasteiger partial charge in [0, 0.05) is 37.1 Å². The van der Waals surface area contributed by atoms with Gasteiger partial charge in [-0.25, -0.2) is 0 Å². The first-order valence-electron chi connectivity index (χ1n) is 9.50. The highest BCUT2D eigenvalue weighted by atomic mass is 16.2. The Kier molecular flexibility index (Phi) is 7.41. The van der Waals surface area contributed by atoms with Gasteiger partial charge in [-0.2, -0.15) is 0 Å². The topological polar surface area (TPSA) is 52.7 Å². The van der Waals surface area contributed by atoms with Crippen LogP contribution in [0.5, 0.6) is 0 Å². The van der Waals surface area contributed by atoms with E-state index in [1.54, 1.807) is 0 Å². The molecular formula is C22H29N3O2. The molecule has 0 unspecified atom stereocenters. The maximum atomic E-state index is 12.4. The molecule has 0 atom stereocenters. The van der Waals surface area contributed by atoms with Crippen LogP contribution in [0.2, 0.25) is 0 Å². The number of carbonyl (C=O) groups excluding carboxylic acids is 2. The fraction of sp³-hybridized carbons (Fsp3) is 0.364. The van der Waals surface area contributed by atoms with Crippen molar-refractivity contribution in [1.29, 1.82) is 0 Å². The van der Waals surface area contributed by atoms with Crippen molar-refractivity contribution >= 4 is 28.9 Å². The van der Waals surface area contributed by atoms with Gasteiger partial charge in [0.2, 0.25) is 11.8 Å². The second-order valence-electron chi connectivity index (χ2n) is 6.39. The van der Waals surface area contributed by atoms with E-state index in [2.05, 4.69) is 31.0 Å². The molecule has 0 aliphatic carbocycles. The lowest BCUT2D eigenvalue weighted by Crippen LogP contribution is -2.36. The maximum Gasteiger partial charge on any atom is 0.244 e. The minimum Gasteiger partial charge on any atom is -0.372 e. The lowest BCUT2D eigenvalue weighted by molar-refractivity contribution is -0.120. The molecule has 0 saturated heterocycles. The van der Waals surface area contributed by atoms with Crippen LogP contribution in [0.1, 0.15) is 33.3 Å². The van der Waals surface area contributed by atoms with Crippen molar-refractivity contribution < 1.29 is 9.59 Å². The maximum absolute atomic E-state index is 12.4. The molecule has 27 heavy (non-hydrogen) atoms. The third kappa shape index (κ3) is 5.58. The molecule has 1 N–H and O–H groups in total. The van der Waals surface area contributed by atoms with Crippen LogP contribution in [0, 0.1) is 0 Å². The third-order valence-electron chi connectivity index (χ3n) is 4.62. The number of benzene rings is 2. The van der Waals surface area contributed by atoms with Gasteiger partial charge in [-0.15, -0.1) is 0 Å². The van der Waals surface area contributed by atoms with Crippen LogP contribution in [0.25, 0.3) is 0 Å². The van der Waals surface area contributed by atoms with E-state index >= 15 is 0 Å². The Morgan fingerprint density at radius 2 is 1.41 bits per heavy atom. The smallest absolute Gasteiger partial charge is 0.244 e. The fourth-order valence-electron chi connectivity index (χ4n) is 2.98. The van der Waals surface area contributed by atoms with Crippen molar-refractivity contribution in [3.63, 3.8) is 0 Å². The number of nitrogens with one attached hydrogen (secondary N) is 1. The molecule has 0 fully saturated rings. The number of nitrogens with zero attached hydrogens (tertiary/aromatic N) is 2. The van der Waals surface area contributed by atoms with E-state index in [1.807, 2.05) is 48.5 Å². The summed E-state index contributed by atoms with van der Waals surface area (Å²) in [5.41, 5.74) is 3.77. The zero-order valence-corrected chi connectivity index (χ0v) is 16.7. The van der Waals surface area contributed by atoms with Gasteiger partial charge in [-0.3, -0.25) is 9.59 Å². The predicted molar refractivity (Wildman–Crippen MR) is 112 cm³/mol. The Morgan fingerprint density at radius 1 is 0.852 bits per heavy atom. The molecule has 0 saturated carbocycles. The van der Waals surface area contributed by atoms with Crippen molar-refractivity contribution in [2.75, 3.05) is 34.8 Å². The highest BCUT2D eigenvalue weighted by Crippen LogP contribution is 2.21. The molecular weight excluding hydrogens is 338 g/mol. The zero-order chi connectivity index (χ0) is 19.8. The molecule has 0 aliphatic heterocycles. The van der Waals surface area contributed by atoms with Gasteiger partial charge < -0.3 is 15.1 Å². The van der Waals surface area contributed by atoms with Crippen molar-refractivity contribution in [3.8, 4) is 0 Å². The summed E-state index contributed by atoms with van der Waals surface area (Å²) >= 11 is 0. The SMILES string of the molecule is CCc1ccc(NC(=O)CN(C(C)=O)c2ccc(N(CC)CC)cc2)cc1. The third-order valence-corrected chi connectivity index (χ3v) is 4.62. The summed E-state index contributed by atoms with van der Waals surface area (Å²) in [5.74, 6) is -0.385. The highest BCUT2D eigenvalue weighted by molar-refractivity contribution is 6.01. The van der Waals surface area contributed by atoms with Crippen molar-refractivity contribution in [3.05, 3.63) is 54.1 Å². The zero-order valence-electron chi connectivity index (χ0n) is 16.7. The first kappa shape index (κ1) is 20.5. The Morgan fingerprint density at radius 3 is 1.89 bits per heavy atom. The molecule has 5 nitrogen and oxygen atoms in total. The van der Waals surface area contributed by atoms with Gasteiger partial charge in [0.05, 0.1) is 0 Å². The number of amides is 2. The fourth-order valence-corrected chi connectivity index (χ4v) is 2.98. The van der Waals surface area contributed by atoms with E-state index in [-0.39, 0.29) is 18.4 Å². The number of hydrogen-bond donors (Lipinski definition) is 1. The van der Waals surface area contributed by atoms with Crippen LogP contribution >= 0.6 is 0 Å². The summed E-state index contributed by atoms with van der Waals surface area (Å²) in [5, 5.41) is 2.86. The van der Waals surface area contributed by atoms with E-state index in [4.69, 9.17) is 0 Å². The van der Waals surface area contributed by atoms with E-state index in [9.17, 15) is 9.59 Å². The monoisotopic (exact) mass is 367 g/mol. The van der Waals surface area contributed by atoms with Crippen LogP contribution in [0.15, 0.2) is 48.5 Å². The molecule has 2 aromatic rings. The molecule has 0 heterocycles. The molecule has 0 radical (unpaired) electrons. The van der Waals surface area contributed by atoms with Gasteiger partial charge in [0.1, 0.15) is 6.54 Å². The molecule has 2 amide bonds. The molecule has 144 valence electrons. The van der Waals surface area contributed by atoms with Crippen LogP contribution in [-0.2, 0) is 16.0 Å². The first-order chi connectivity index (χ1) is 13.0. The normalized spacial score (nSPS) is 10.4. The van der Waals surface area contributed by atoms with Gasteiger partial charge in [0.25, 0.3) is 0 Å². The molecule has 0 spiro atoms. The minimum atomic E-state index is -0.220. The molecule has 2 rings (SSSR count). The Bertz CT molecular complexity index is 750. The largest absolute Gasteiger partial charge is 0.372 e. The second-order valence-corrected chi connectivity index (χ2v) is 6.39. The number of rotatable bonds is 8. The Hall–Kier alpha value is -2.82. The van der Waals surface area contributed by atoms with Crippen molar-refractivity contribution in [2.24, 2.45) is 0 Å². The van der Waals surface area contributed by atoms with E-state index < -0.39 is 0 Å². The van der Waals surface area contributed by atoms with Crippen molar-refractivity contribution in [2.45, 2.75) is 34.1 Å². The number of aryl methyl sites for hydroxylation is 1. The quantitative estimate of drug-likeness (QED) is 0.765. The summed E-state index contributed by atoms with van der Waals surface area (Å²) in [4.78, 5) is 28.2. The molecule has 5 heteroatoms. The van der Waals surface area contributed by atoms with Crippen LogP contribution in [0.3, 0.4) is 0 Å².